The van der Waals surface area contributed by atoms with Gasteiger partial charge in [-0.05, 0) is 49.3 Å². The molecule has 2 atom stereocenters. The lowest BCUT2D eigenvalue weighted by molar-refractivity contribution is -0.384. The average molecular weight is 504 g/mol. The van der Waals surface area contributed by atoms with Crippen molar-refractivity contribution in [1.29, 1.82) is 0 Å². The number of anilines is 1. The van der Waals surface area contributed by atoms with Crippen LogP contribution in [0.4, 0.5) is 11.4 Å². The predicted molar refractivity (Wildman–Crippen MR) is 140 cm³/mol. The number of carbonyl (C=O) groups excluding carboxylic acids is 2. The maximum atomic E-state index is 13.3. The number of benzene rings is 2. The van der Waals surface area contributed by atoms with Crippen molar-refractivity contribution >= 4 is 34.1 Å². The van der Waals surface area contributed by atoms with Crippen LogP contribution in [-0.4, -0.2) is 40.9 Å². The van der Waals surface area contributed by atoms with Gasteiger partial charge >= 0.3 is 0 Å². The third kappa shape index (κ3) is 5.04. The topological polar surface area (TPSA) is 146 Å². The third-order valence-electron chi connectivity index (χ3n) is 7.26. The van der Waals surface area contributed by atoms with E-state index in [1.54, 1.807) is 36.4 Å². The predicted octanol–water partition coefficient (Wildman–Crippen LogP) is 3.83. The Labute approximate surface area is 213 Å². The first kappa shape index (κ1) is 24.5. The number of amides is 2. The highest BCUT2D eigenvalue weighted by molar-refractivity contribution is 6.06. The van der Waals surface area contributed by atoms with E-state index in [1.165, 1.54) is 13.1 Å². The molecule has 192 valence electrons. The second-order valence-electron chi connectivity index (χ2n) is 9.78. The molecule has 1 aromatic heterocycles. The fourth-order valence-corrected chi connectivity index (χ4v) is 5.21. The van der Waals surface area contributed by atoms with Crippen molar-refractivity contribution in [1.82, 2.24) is 15.6 Å². The zero-order valence-corrected chi connectivity index (χ0v) is 20.5. The second kappa shape index (κ2) is 10.0. The van der Waals surface area contributed by atoms with Crippen LogP contribution in [0, 0.1) is 10.1 Å². The van der Waals surface area contributed by atoms with Gasteiger partial charge in [0.25, 0.3) is 17.5 Å². The van der Waals surface area contributed by atoms with Gasteiger partial charge in [0.1, 0.15) is 5.69 Å². The van der Waals surface area contributed by atoms with Gasteiger partial charge in [-0.25, -0.2) is 0 Å². The Morgan fingerprint density at radius 2 is 1.70 bits per heavy atom. The molecule has 4 N–H and O–H groups in total. The third-order valence-corrected chi connectivity index (χ3v) is 7.26. The summed E-state index contributed by atoms with van der Waals surface area (Å²) in [5.74, 6) is -0.549. The molecule has 10 nitrogen and oxygen atoms in total. The normalized spacial score (nSPS) is 19.3. The average Bonchev–Trinajstić information content (AvgIpc) is 3.74. The number of aromatic amines is 1. The highest BCUT2D eigenvalue weighted by Crippen LogP contribution is 2.44. The van der Waals surface area contributed by atoms with Crippen molar-refractivity contribution in [3.8, 4) is 0 Å². The highest BCUT2D eigenvalue weighted by atomic mass is 16.6. The summed E-state index contributed by atoms with van der Waals surface area (Å²) in [4.78, 5) is 52.6. The van der Waals surface area contributed by atoms with Gasteiger partial charge in [0.15, 0.2) is 0 Å². The maximum absolute atomic E-state index is 13.3. The minimum atomic E-state index is -0.459. The monoisotopic (exact) mass is 503 g/mol. The Morgan fingerprint density at radius 1 is 0.973 bits per heavy atom. The number of hydrogen-bond donors (Lipinski definition) is 4. The van der Waals surface area contributed by atoms with Crippen molar-refractivity contribution < 1.29 is 14.5 Å². The first-order valence-corrected chi connectivity index (χ1v) is 12.6. The van der Waals surface area contributed by atoms with Crippen molar-refractivity contribution in [2.24, 2.45) is 0 Å². The van der Waals surface area contributed by atoms with Crippen LogP contribution in [0.25, 0.3) is 10.9 Å². The first-order valence-electron chi connectivity index (χ1n) is 12.6. The molecule has 0 spiro atoms. The number of pyridine rings is 1. The minimum absolute atomic E-state index is 0.140. The Kier molecular flexibility index (Phi) is 6.64. The largest absolute Gasteiger partial charge is 0.374 e. The summed E-state index contributed by atoms with van der Waals surface area (Å²) in [5.41, 5.74) is 1.53. The summed E-state index contributed by atoms with van der Waals surface area (Å²) < 4.78 is 0. The van der Waals surface area contributed by atoms with E-state index < -0.39 is 10.8 Å². The molecule has 2 amide bonds. The van der Waals surface area contributed by atoms with E-state index in [4.69, 9.17) is 0 Å². The lowest BCUT2D eigenvalue weighted by Gasteiger charge is -2.34. The molecule has 5 rings (SSSR count). The molecule has 0 unspecified atom stereocenters. The number of carbonyl (C=O) groups is 2. The summed E-state index contributed by atoms with van der Waals surface area (Å²) in [5, 5.41) is 21.6. The van der Waals surface area contributed by atoms with Gasteiger partial charge in [-0.2, -0.15) is 0 Å². The number of rotatable bonds is 7. The van der Waals surface area contributed by atoms with E-state index in [2.05, 4.69) is 20.9 Å². The highest BCUT2D eigenvalue weighted by Gasteiger charge is 2.34. The zero-order valence-electron chi connectivity index (χ0n) is 20.5. The Bertz CT molecular complexity index is 1440. The van der Waals surface area contributed by atoms with Crippen LogP contribution in [0.2, 0.25) is 0 Å². The lowest BCUT2D eigenvalue weighted by atomic mass is 9.89. The molecule has 3 aromatic rings. The van der Waals surface area contributed by atoms with Crippen LogP contribution in [0.5, 0.6) is 0 Å². The summed E-state index contributed by atoms with van der Waals surface area (Å²) in [6.07, 6.45) is 4.98. The molecule has 0 bridgehead atoms. The number of nitro groups is 1. The summed E-state index contributed by atoms with van der Waals surface area (Å²) in [7, 11) is 1.50. The van der Waals surface area contributed by atoms with Gasteiger partial charge in [0.05, 0.1) is 16.1 Å². The first-order chi connectivity index (χ1) is 17.9. The Hall–Kier alpha value is -4.21. The standard InChI is InChI=1S/C27H29N5O5/c1-28-26(34)19-12-16(15-10-11-15)13-23(32(36)37)25(19)30-21-8-4-5-9-22(21)31-27(35)18-14-24(33)29-20-7-3-2-6-17(18)20/h2-3,6-7,12-15,21-22,30H,4-5,8-11H2,1H3,(H,28,34)(H,29,33)(H,31,35)/t21-,22+/m1/s1. The molecule has 0 aliphatic heterocycles. The number of nitro benzene ring substituents is 1. The van der Waals surface area contributed by atoms with Crippen LogP contribution in [0.3, 0.4) is 0 Å². The maximum Gasteiger partial charge on any atom is 0.293 e. The van der Waals surface area contributed by atoms with E-state index >= 15 is 0 Å². The van der Waals surface area contributed by atoms with Crippen LogP contribution >= 0.6 is 0 Å². The number of para-hydroxylation sites is 1. The summed E-state index contributed by atoms with van der Waals surface area (Å²) >= 11 is 0. The molecule has 2 fully saturated rings. The van der Waals surface area contributed by atoms with E-state index in [9.17, 15) is 24.5 Å². The van der Waals surface area contributed by atoms with Gasteiger partial charge in [-0.15, -0.1) is 0 Å². The van der Waals surface area contributed by atoms with E-state index in [1.807, 2.05) is 0 Å². The van der Waals surface area contributed by atoms with Crippen molar-refractivity contribution in [2.45, 2.75) is 56.5 Å². The van der Waals surface area contributed by atoms with E-state index in [0.717, 1.165) is 31.2 Å². The van der Waals surface area contributed by atoms with Gasteiger partial charge in [0, 0.05) is 42.2 Å². The van der Waals surface area contributed by atoms with Crippen molar-refractivity contribution in [2.75, 3.05) is 12.4 Å². The van der Waals surface area contributed by atoms with Gasteiger partial charge in [-0.1, -0.05) is 31.0 Å². The summed E-state index contributed by atoms with van der Waals surface area (Å²) in [6, 6.07) is 11.0. The molecule has 0 saturated heterocycles. The molecule has 2 aromatic carbocycles. The van der Waals surface area contributed by atoms with Crippen LogP contribution in [0.1, 0.15) is 70.7 Å². The van der Waals surface area contributed by atoms with Crippen molar-refractivity contribution in [3.05, 3.63) is 79.6 Å². The number of aromatic nitrogens is 1. The van der Waals surface area contributed by atoms with Crippen LogP contribution < -0.4 is 21.5 Å². The van der Waals surface area contributed by atoms with Crippen LogP contribution in [-0.2, 0) is 0 Å². The fraction of sp³-hybridized carbons (Fsp3) is 0.370. The molecule has 37 heavy (non-hydrogen) atoms. The number of nitrogens with one attached hydrogen (secondary N) is 4. The molecular weight excluding hydrogens is 474 g/mol. The molecular formula is C27H29N5O5. The number of hydrogen-bond acceptors (Lipinski definition) is 6. The quantitative estimate of drug-likeness (QED) is 0.285. The second-order valence-corrected chi connectivity index (χ2v) is 9.78. The Morgan fingerprint density at radius 3 is 2.41 bits per heavy atom. The Balaban J connectivity index is 1.47. The molecule has 2 aliphatic rings. The minimum Gasteiger partial charge on any atom is -0.374 e. The number of fused-ring (bicyclic) bond motifs is 1. The number of H-pyrrole nitrogens is 1. The van der Waals surface area contributed by atoms with Gasteiger partial charge in [-0.3, -0.25) is 24.5 Å². The zero-order chi connectivity index (χ0) is 26.1. The fourth-order valence-electron chi connectivity index (χ4n) is 5.21. The molecule has 1 heterocycles. The lowest BCUT2D eigenvalue weighted by Crippen LogP contribution is -2.49. The van der Waals surface area contributed by atoms with Crippen LogP contribution in [0.15, 0.2) is 47.3 Å². The molecule has 2 aliphatic carbocycles. The number of nitrogens with zero attached hydrogens (tertiary/aromatic N) is 1. The van der Waals surface area contributed by atoms with E-state index in [0.29, 0.717) is 23.7 Å². The SMILES string of the molecule is CNC(=O)c1cc(C2CC2)cc([N+](=O)[O-])c1N[C@@H]1CCCC[C@@H]1NC(=O)c1cc(=O)[nH]c2ccccc12. The molecule has 2 saturated carbocycles. The van der Waals surface area contributed by atoms with E-state index in [-0.39, 0.29) is 52.0 Å². The molecule has 10 heteroatoms. The molecule has 0 radical (unpaired) electrons. The summed E-state index contributed by atoms with van der Waals surface area (Å²) in [6.45, 7) is 0. The van der Waals surface area contributed by atoms with Gasteiger partial charge < -0.3 is 20.9 Å². The van der Waals surface area contributed by atoms with Gasteiger partial charge in [0.2, 0.25) is 5.56 Å². The van der Waals surface area contributed by atoms with Crippen molar-refractivity contribution in [3.63, 3.8) is 0 Å². The smallest absolute Gasteiger partial charge is 0.293 e.